The first-order chi connectivity index (χ1) is 11.0. The van der Waals surface area contributed by atoms with Crippen molar-refractivity contribution in [3.05, 3.63) is 18.2 Å². The van der Waals surface area contributed by atoms with Crippen LogP contribution in [0.3, 0.4) is 0 Å². The number of amides is 4. The van der Waals surface area contributed by atoms with E-state index in [0.717, 1.165) is 25.2 Å². The molecule has 0 unspecified atom stereocenters. The Labute approximate surface area is 134 Å². The molecule has 0 aromatic carbocycles. The average Bonchev–Trinajstić information content (AvgIpc) is 3.06. The number of urea groups is 1. The zero-order valence-electron chi connectivity index (χ0n) is 13.2. The number of nitrogens with zero attached hydrogens (tertiary/aromatic N) is 4. The van der Waals surface area contributed by atoms with Crippen LogP contribution in [-0.2, 0) is 22.6 Å². The van der Waals surface area contributed by atoms with Crippen molar-refractivity contribution in [2.75, 3.05) is 20.1 Å². The summed E-state index contributed by atoms with van der Waals surface area (Å²) in [7, 11) is 1.60. The zero-order chi connectivity index (χ0) is 16.4. The number of imide groups is 1. The summed E-state index contributed by atoms with van der Waals surface area (Å²) in [5.41, 5.74) is 0. The van der Waals surface area contributed by atoms with Crippen LogP contribution < -0.4 is 5.32 Å². The lowest BCUT2D eigenvalue weighted by Crippen LogP contribution is -2.41. The number of carbonyl (C=O) groups is 3. The lowest BCUT2D eigenvalue weighted by Gasteiger charge is -2.24. The average molecular weight is 319 g/mol. The molecule has 4 amide bonds. The van der Waals surface area contributed by atoms with Gasteiger partial charge >= 0.3 is 6.03 Å². The number of rotatable bonds is 5. The maximum Gasteiger partial charge on any atom is 0.326 e. The smallest absolute Gasteiger partial charge is 0.326 e. The second-order valence-electron chi connectivity index (χ2n) is 6.09. The van der Waals surface area contributed by atoms with Gasteiger partial charge in [-0.3, -0.25) is 14.5 Å². The molecule has 0 bridgehead atoms. The molecule has 0 aliphatic carbocycles. The molecule has 1 atom stereocenters. The first-order valence-corrected chi connectivity index (χ1v) is 7.89. The number of nitrogens with one attached hydrogen (secondary N) is 1. The minimum atomic E-state index is -0.282. The number of imidazole rings is 1. The molecule has 0 saturated carbocycles. The van der Waals surface area contributed by atoms with Gasteiger partial charge in [0.05, 0.1) is 0 Å². The summed E-state index contributed by atoms with van der Waals surface area (Å²) in [5.74, 6) is 0.828. The SMILES string of the molecule is CN1CC(=O)N(CCCC(=O)N[C@@H]2CCc3nccn3C2)C1=O. The van der Waals surface area contributed by atoms with Gasteiger partial charge in [0.1, 0.15) is 12.4 Å². The fraction of sp³-hybridized carbons (Fsp3) is 0.600. The predicted octanol–water partition coefficient (Wildman–Crippen LogP) is -0.0117. The Hall–Kier alpha value is -2.38. The van der Waals surface area contributed by atoms with Crippen molar-refractivity contribution in [2.24, 2.45) is 0 Å². The second kappa shape index (κ2) is 6.39. The maximum absolute atomic E-state index is 12.0. The Bertz CT molecular complexity index is 626. The molecule has 3 rings (SSSR count). The van der Waals surface area contributed by atoms with Gasteiger partial charge in [0.15, 0.2) is 0 Å². The molecule has 1 N–H and O–H groups in total. The van der Waals surface area contributed by atoms with Gasteiger partial charge in [0.2, 0.25) is 11.8 Å². The highest BCUT2D eigenvalue weighted by atomic mass is 16.2. The van der Waals surface area contributed by atoms with E-state index >= 15 is 0 Å². The molecule has 8 nitrogen and oxygen atoms in total. The molecule has 1 saturated heterocycles. The second-order valence-corrected chi connectivity index (χ2v) is 6.09. The Morgan fingerprint density at radius 1 is 1.43 bits per heavy atom. The van der Waals surface area contributed by atoms with Gasteiger partial charge in [-0.15, -0.1) is 0 Å². The minimum Gasteiger partial charge on any atom is -0.352 e. The molecular weight excluding hydrogens is 298 g/mol. The van der Waals surface area contributed by atoms with Crippen molar-refractivity contribution in [2.45, 2.75) is 38.3 Å². The number of carbonyl (C=O) groups excluding carboxylic acids is 3. The van der Waals surface area contributed by atoms with Gasteiger partial charge in [-0.25, -0.2) is 9.78 Å². The summed E-state index contributed by atoms with van der Waals surface area (Å²) in [5, 5.41) is 3.02. The minimum absolute atomic E-state index is 0.0361. The van der Waals surface area contributed by atoms with Gasteiger partial charge < -0.3 is 14.8 Å². The molecule has 23 heavy (non-hydrogen) atoms. The van der Waals surface area contributed by atoms with Crippen LogP contribution in [0.25, 0.3) is 0 Å². The third kappa shape index (κ3) is 3.35. The Balaban J connectivity index is 1.41. The number of likely N-dealkylation sites (N-methyl/N-ethyl adjacent to an activating group) is 1. The van der Waals surface area contributed by atoms with E-state index in [1.807, 2.05) is 6.20 Å². The van der Waals surface area contributed by atoms with Crippen molar-refractivity contribution >= 4 is 17.8 Å². The maximum atomic E-state index is 12.0. The lowest BCUT2D eigenvalue weighted by molar-refractivity contribution is -0.126. The van der Waals surface area contributed by atoms with Crippen LogP contribution in [0.15, 0.2) is 12.4 Å². The lowest BCUT2D eigenvalue weighted by atomic mass is 10.1. The normalized spacial score (nSPS) is 20.8. The standard InChI is InChI=1S/C15H21N5O3/c1-18-10-14(22)20(15(18)23)7-2-3-13(21)17-11-4-5-12-16-6-8-19(12)9-11/h6,8,11H,2-5,7,9-10H2,1H3,(H,17,21)/t11-/m1/s1. The zero-order valence-corrected chi connectivity index (χ0v) is 13.2. The largest absolute Gasteiger partial charge is 0.352 e. The molecule has 0 spiro atoms. The van der Waals surface area contributed by atoms with E-state index in [-0.39, 0.29) is 30.4 Å². The van der Waals surface area contributed by atoms with Gasteiger partial charge in [-0.2, -0.15) is 0 Å². The molecule has 0 radical (unpaired) electrons. The Morgan fingerprint density at radius 2 is 2.26 bits per heavy atom. The van der Waals surface area contributed by atoms with E-state index in [0.29, 0.717) is 19.4 Å². The van der Waals surface area contributed by atoms with Crippen LogP contribution in [0.2, 0.25) is 0 Å². The molecule has 1 aromatic rings. The van der Waals surface area contributed by atoms with Crippen LogP contribution in [0, 0.1) is 0 Å². The summed E-state index contributed by atoms with van der Waals surface area (Å²) < 4.78 is 2.06. The molecule has 8 heteroatoms. The first-order valence-electron chi connectivity index (χ1n) is 7.89. The van der Waals surface area contributed by atoms with Gasteiger partial charge in [-0.05, 0) is 12.8 Å². The van der Waals surface area contributed by atoms with Gasteiger partial charge in [0.25, 0.3) is 0 Å². The topological polar surface area (TPSA) is 87.5 Å². The molecule has 1 fully saturated rings. The predicted molar refractivity (Wildman–Crippen MR) is 81.5 cm³/mol. The van der Waals surface area contributed by atoms with Crippen molar-refractivity contribution in [3.8, 4) is 0 Å². The van der Waals surface area contributed by atoms with Crippen LogP contribution in [0.1, 0.15) is 25.1 Å². The van der Waals surface area contributed by atoms with Gasteiger partial charge in [-0.1, -0.05) is 0 Å². The monoisotopic (exact) mass is 319 g/mol. The van der Waals surface area contributed by atoms with Crippen LogP contribution in [0.4, 0.5) is 4.79 Å². The Morgan fingerprint density at radius 3 is 3.00 bits per heavy atom. The summed E-state index contributed by atoms with van der Waals surface area (Å²) in [6.45, 7) is 1.17. The van der Waals surface area contributed by atoms with Crippen molar-refractivity contribution in [1.29, 1.82) is 0 Å². The third-order valence-corrected chi connectivity index (χ3v) is 4.32. The van der Waals surface area contributed by atoms with E-state index in [1.54, 1.807) is 13.2 Å². The van der Waals surface area contributed by atoms with E-state index in [9.17, 15) is 14.4 Å². The molecule has 1 aromatic heterocycles. The van der Waals surface area contributed by atoms with Crippen molar-refractivity contribution in [1.82, 2.24) is 24.7 Å². The van der Waals surface area contributed by atoms with Crippen LogP contribution >= 0.6 is 0 Å². The molecule has 3 heterocycles. The summed E-state index contributed by atoms with van der Waals surface area (Å²) >= 11 is 0. The summed E-state index contributed by atoms with van der Waals surface area (Å²) in [6, 6.07) is -0.166. The van der Waals surface area contributed by atoms with E-state index < -0.39 is 0 Å². The van der Waals surface area contributed by atoms with Crippen molar-refractivity contribution in [3.63, 3.8) is 0 Å². The number of aromatic nitrogens is 2. The quantitative estimate of drug-likeness (QED) is 0.773. The summed E-state index contributed by atoms with van der Waals surface area (Å²) in [6.07, 6.45) is 6.25. The summed E-state index contributed by atoms with van der Waals surface area (Å²) in [4.78, 5) is 42.2. The fourth-order valence-corrected chi connectivity index (χ4v) is 3.07. The number of fused-ring (bicyclic) bond motifs is 1. The number of aryl methyl sites for hydroxylation is 1. The van der Waals surface area contributed by atoms with E-state index in [2.05, 4.69) is 14.9 Å². The van der Waals surface area contributed by atoms with Crippen LogP contribution in [0.5, 0.6) is 0 Å². The van der Waals surface area contributed by atoms with Crippen LogP contribution in [-0.4, -0.2) is 63.4 Å². The van der Waals surface area contributed by atoms with Crippen molar-refractivity contribution < 1.29 is 14.4 Å². The molecule has 2 aliphatic heterocycles. The highest BCUT2D eigenvalue weighted by Gasteiger charge is 2.32. The highest BCUT2D eigenvalue weighted by Crippen LogP contribution is 2.13. The molecule has 124 valence electrons. The first kappa shape index (κ1) is 15.5. The molecule has 2 aliphatic rings. The molecular formula is C15H21N5O3. The third-order valence-electron chi connectivity index (χ3n) is 4.32. The van der Waals surface area contributed by atoms with E-state index in [1.165, 1.54) is 9.80 Å². The number of hydrogen-bond donors (Lipinski definition) is 1. The highest BCUT2D eigenvalue weighted by molar-refractivity contribution is 6.01. The fourth-order valence-electron chi connectivity index (χ4n) is 3.07. The Kier molecular flexibility index (Phi) is 4.31. The number of hydrogen-bond acceptors (Lipinski definition) is 4. The van der Waals surface area contributed by atoms with E-state index in [4.69, 9.17) is 0 Å². The van der Waals surface area contributed by atoms with Gasteiger partial charge in [0, 0.05) is 51.4 Å².